The molecule has 2 amide bonds. The molecule has 10 heteroatoms. The minimum absolute atomic E-state index is 0.0321. The largest absolute Gasteiger partial charge is 0.396 e. The summed E-state index contributed by atoms with van der Waals surface area (Å²) in [4.78, 5) is 28.6. The number of nitrogens with two attached hydrogens (primary N) is 1. The molecule has 0 bridgehead atoms. The Bertz CT molecular complexity index is 1560. The van der Waals surface area contributed by atoms with Crippen LogP contribution in [0.2, 0.25) is 15.1 Å². The Balaban J connectivity index is 1.58. The smallest absolute Gasteiger partial charge is 0.289 e. The Morgan fingerprint density at radius 2 is 1.59 bits per heavy atom. The van der Waals surface area contributed by atoms with Gasteiger partial charge in [-0.1, -0.05) is 40.9 Å². The number of hydrogen-bond donors (Lipinski definition) is 2. The van der Waals surface area contributed by atoms with Gasteiger partial charge in [0.25, 0.3) is 11.8 Å². The predicted octanol–water partition coefficient (Wildman–Crippen LogP) is 5.43. The fourth-order valence-electron chi connectivity index (χ4n) is 5.57. The van der Waals surface area contributed by atoms with Crippen LogP contribution in [0.5, 0.6) is 0 Å². The van der Waals surface area contributed by atoms with Gasteiger partial charge in [0.2, 0.25) is 5.54 Å². The lowest BCUT2D eigenvalue weighted by atomic mass is 9.86. The Morgan fingerprint density at radius 1 is 0.927 bits per heavy atom. The number of piperidine rings is 1. The molecule has 0 saturated carbocycles. The van der Waals surface area contributed by atoms with E-state index in [0.717, 1.165) is 11.4 Å². The summed E-state index contributed by atoms with van der Waals surface area (Å²) in [6.45, 7) is 0.675. The van der Waals surface area contributed by atoms with Crippen molar-refractivity contribution in [1.82, 2.24) is 9.47 Å². The van der Waals surface area contributed by atoms with Crippen molar-refractivity contribution in [3.8, 4) is 16.9 Å². The lowest BCUT2D eigenvalue weighted by molar-refractivity contribution is -0.751. The van der Waals surface area contributed by atoms with Gasteiger partial charge >= 0.3 is 0 Å². The molecule has 2 aromatic heterocycles. The summed E-state index contributed by atoms with van der Waals surface area (Å²) in [6.07, 6.45) is 5.36. The van der Waals surface area contributed by atoms with Crippen LogP contribution >= 0.6 is 34.8 Å². The fraction of sp³-hybridized carbons (Fsp3) is 0.258. The second kappa shape index (κ2) is 12.2. The normalized spacial score (nSPS) is 14.7. The van der Waals surface area contributed by atoms with Crippen molar-refractivity contribution in [3.63, 3.8) is 0 Å². The monoisotopic (exact) mass is 611 g/mol. The third-order valence-electron chi connectivity index (χ3n) is 7.74. The number of carbonyl (C=O) groups excluding carboxylic acids is 2. The first-order valence-corrected chi connectivity index (χ1v) is 14.5. The van der Waals surface area contributed by atoms with Gasteiger partial charge < -0.3 is 20.3 Å². The van der Waals surface area contributed by atoms with Crippen molar-refractivity contribution in [2.24, 2.45) is 5.73 Å². The highest BCUT2D eigenvalue weighted by Crippen LogP contribution is 2.37. The summed E-state index contributed by atoms with van der Waals surface area (Å²) in [5.74, 6) is -0.578. The van der Waals surface area contributed by atoms with E-state index in [4.69, 9.17) is 40.5 Å². The molecule has 0 unspecified atom stereocenters. The highest BCUT2D eigenvalue weighted by atomic mass is 35.5. The van der Waals surface area contributed by atoms with Gasteiger partial charge in [-0.05, 0) is 61.4 Å². The van der Waals surface area contributed by atoms with Gasteiger partial charge in [-0.2, -0.15) is 4.57 Å². The number of pyridine rings is 1. The molecule has 3 heterocycles. The molecule has 1 aliphatic rings. The molecule has 7 nitrogen and oxygen atoms in total. The van der Waals surface area contributed by atoms with Gasteiger partial charge in [0, 0.05) is 71.7 Å². The molecular formula is C31H30Cl3N4O3+. The number of halogens is 3. The molecule has 41 heavy (non-hydrogen) atoms. The molecule has 212 valence electrons. The quantitative estimate of drug-likeness (QED) is 0.260. The number of nitrogens with zero attached hydrogens (tertiary/aromatic N) is 3. The number of rotatable bonds is 8. The topological polar surface area (TPSA) is 92.4 Å². The lowest BCUT2D eigenvalue weighted by Gasteiger charge is -2.35. The third kappa shape index (κ3) is 5.72. The molecule has 0 atom stereocenters. The third-order valence-corrected chi connectivity index (χ3v) is 8.54. The number of amides is 2. The summed E-state index contributed by atoms with van der Waals surface area (Å²) < 4.78 is 3.84. The van der Waals surface area contributed by atoms with Crippen molar-refractivity contribution in [2.45, 2.75) is 31.2 Å². The van der Waals surface area contributed by atoms with Crippen LogP contribution in [0.15, 0.2) is 79.1 Å². The zero-order chi connectivity index (χ0) is 29.1. The molecule has 4 aromatic rings. The fourth-order valence-corrected chi connectivity index (χ4v) is 6.21. The first-order chi connectivity index (χ1) is 19.7. The Kier molecular flexibility index (Phi) is 8.71. The molecule has 0 spiro atoms. The van der Waals surface area contributed by atoms with Crippen LogP contribution in [-0.2, 0) is 16.8 Å². The van der Waals surface area contributed by atoms with Gasteiger partial charge in [-0.15, -0.1) is 0 Å². The second-order valence-corrected chi connectivity index (χ2v) is 11.4. The van der Waals surface area contributed by atoms with E-state index < -0.39 is 11.4 Å². The van der Waals surface area contributed by atoms with E-state index in [1.165, 1.54) is 0 Å². The highest BCUT2D eigenvalue weighted by molar-refractivity contribution is 6.36. The maximum Gasteiger partial charge on any atom is 0.289 e. The summed E-state index contributed by atoms with van der Waals surface area (Å²) in [6, 6.07) is 20.0. The summed E-state index contributed by atoms with van der Waals surface area (Å²) in [5.41, 5.74) is 8.49. The van der Waals surface area contributed by atoms with E-state index in [0.29, 0.717) is 70.7 Å². The van der Waals surface area contributed by atoms with E-state index in [-0.39, 0.29) is 12.5 Å². The van der Waals surface area contributed by atoms with Crippen molar-refractivity contribution in [2.75, 3.05) is 19.7 Å². The van der Waals surface area contributed by atoms with Crippen LogP contribution in [0.25, 0.3) is 16.9 Å². The number of primary amides is 1. The van der Waals surface area contributed by atoms with Crippen LogP contribution < -0.4 is 10.3 Å². The van der Waals surface area contributed by atoms with Crippen molar-refractivity contribution < 1.29 is 19.3 Å². The van der Waals surface area contributed by atoms with Crippen LogP contribution in [0.3, 0.4) is 0 Å². The summed E-state index contributed by atoms with van der Waals surface area (Å²) >= 11 is 19.1. The van der Waals surface area contributed by atoms with Gasteiger partial charge in [0.15, 0.2) is 12.4 Å². The number of aliphatic hydroxyl groups is 1. The molecule has 5 rings (SSSR count). The minimum Gasteiger partial charge on any atom is -0.396 e. The molecule has 0 radical (unpaired) electrons. The zero-order valence-electron chi connectivity index (χ0n) is 22.3. The summed E-state index contributed by atoms with van der Waals surface area (Å²) in [5, 5.41) is 11.3. The van der Waals surface area contributed by atoms with E-state index in [1.54, 1.807) is 29.2 Å². The van der Waals surface area contributed by atoms with Gasteiger partial charge in [0.1, 0.15) is 0 Å². The number of likely N-dealkylation sites (tertiary alicyclic amines) is 1. The zero-order valence-corrected chi connectivity index (χ0v) is 24.5. The molecular weight excluding hydrogens is 583 g/mol. The van der Waals surface area contributed by atoms with Gasteiger partial charge in [-0.3, -0.25) is 9.59 Å². The standard InChI is InChI=1S/C31H29Cl3N4O3/c32-21-6-9-23(10-7-21)38-27(5-4-18-39)25(20-28(38)24-11-8-22(33)19-26(24)34)29(40)36-16-12-31(13-17-36,30(35)41)37-14-2-1-3-15-37/h1-3,6-11,14-15,19-20,39H,4-5,12-13,16-18H2,(H-,35,41)/p+1. The molecule has 1 saturated heterocycles. The number of hydrogen-bond acceptors (Lipinski definition) is 3. The van der Waals surface area contributed by atoms with E-state index in [2.05, 4.69) is 0 Å². The second-order valence-electron chi connectivity index (χ2n) is 10.1. The van der Waals surface area contributed by atoms with E-state index in [1.807, 2.05) is 64.0 Å². The highest BCUT2D eigenvalue weighted by Gasteiger charge is 2.49. The summed E-state index contributed by atoms with van der Waals surface area (Å²) in [7, 11) is 0. The molecule has 2 aromatic carbocycles. The minimum atomic E-state index is -0.908. The number of aliphatic hydroxyl groups excluding tert-OH is 1. The number of aromatic nitrogens is 2. The Morgan fingerprint density at radius 3 is 2.20 bits per heavy atom. The van der Waals surface area contributed by atoms with Crippen molar-refractivity contribution >= 4 is 46.6 Å². The lowest BCUT2D eigenvalue weighted by Crippen LogP contribution is -2.67. The maximum absolute atomic E-state index is 14.2. The average molecular weight is 613 g/mol. The van der Waals surface area contributed by atoms with Gasteiger partial charge in [-0.25, -0.2) is 0 Å². The molecule has 1 aliphatic heterocycles. The Labute approximate surface area is 253 Å². The van der Waals surface area contributed by atoms with Crippen LogP contribution in [0, 0.1) is 0 Å². The van der Waals surface area contributed by atoms with Crippen LogP contribution in [-0.4, -0.2) is 46.1 Å². The average Bonchev–Trinajstić information content (AvgIpc) is 3.35. The number of carbonyl (C=O) groups is 2. The first kappa shape index (κ1) is 29.1. The maximum atomic E-state index is 14.2. The predicted molar refractivity (Wildman–Crippen MR) is 161 cm³/mol. The SMILES string of the molecule is NC(=O)C1([n+]2ccccc2)CCN(C(=O)c2cc(-c3ccc(Cl)cc3Cl)n(-c3ccc(Cl)cc3)c2CCCO)CC1. The molecule has 1 fully saturated rings. The van der Waals surface area contributed by atoms with Crippen molar-refractivity contribution in [1.29, 1.82) is 0 Å². The van der Waals surface area contributed by atoms with E-state index >= 15 is 0 Å². The molecule has 0 aliphatic carbocycles. The first-order valence-electron chi connectivity index (χ1n) is 13.4. The Hall–Kier alpha value is -3.36. The van der Waals surface area contributed by atoms with Gasteiger partial charge in [0.05, 0.1) is 16.3 Å². The van der Waals surface area contributed by atoms with Crippen molar-refractivity contribution in [3.05, 3.63) is 105 Å². The molecule has 3 N–H and O–H groups in total. The van der Waals surface area contributed by atoms with E-state index in [9.17, 15) is 14.7 Å². The van der Waals surface area contributed by atoms with Crippen LogP contribution in [0.4, 0.5) is 0 Å². The number of benzene rings is 2. The van der Waals surface area contributed by atoms with Crippen LogP contribution in [0.1, 0.15) is 35.3 Å².